The Labute approximate surface area is 149 Å². The molecule has 25 heavy (non-hydrogen) atoms. The topological polar surface area (TPSA) is 62.4 Å². The van der Waals surface area contributed by atoms with E-state index in [1.807, 2.05) is 11.9 Å². The quantitative estimate of drug-likeness (QED) is 0.618. The number of hydrogen-bond acceptors (Lipinski definition) is 4. The fourth-order valence-electron chi connectivity index (χ4n) is 2.92. The molecule has 0 aliphatic rings. The van der Waals surface area contributed by atoms with Gasteiger partial charge in [-0.25, -0.2) is 4.79 Å². The van der Waals surface area contributed by atoms with Crippen molar-refractivity contribution in [1.29, 1.82) is 0 Å². The number of aromatic nitrogens is 1. The van der Waals surface area contributed by atoms with Crippen LogP contribution in [0.1, 0.15) is 50.2 Å². The molecule has 0 unspecified atom stereocenters. The number of esters is 1. The third-order valence-corrected chi connectivity index (χ3v) is 4.18. The summed E-state index contributed by atoms with van der Waals surface area (Å²) in [6.45, 7) is 8.66. The van der Waals surface area contributed by atoms with Crippen molar-refractivity contribution in [1.82, 2.24) is 9.88 Å². The molecule has 0 aliphatic heterocycles. The molecule has 0 bridgehead atoms. The van der Waals surface area contributed by atoms with Crippen LogP contribution in [0.2, 0.25) is 0 Å². The fourth-order valence-corrected chi connectivity index (χ4v) is 2.92. The summed E-state index contributed by atoms with van der Waals surface area (Å²) in [5.41, 5.74) is 4.65. The maximum absolute atomic E-state index is 12.6. The molecule has 1 N–H and O–H groups in total. The Morgan fingerprint density at radius 3 is 2.36 bits per heavy atom. The lowest BCUT2D eigenvalue weighted by Crippen LogP contribution is -2.26. The number of nitrogens with one attached hydrogen (secondary N) is 1. The lowest BCUT2D eigenvalue weighted by atomic mass is 10.1. The van der Waals surface area contributed by atoms with Gasteiger partial charge in [-0.15, -0.1) is 0 Å². The SMILES string of the molecule is CCOC(=O)c1c(C)[nH]c(C(=O)CN(C)Cc2ccc(C)cc2)c1C. The largest absolute Gasteiger partial charge is 0.462 e. The number of benzene rings is 1. The number of ether oxygens (including phenoxy) is 1. The van der Waals surface area contributed by atoms with E-state index in [-0.39, 0.29) is 18.3 Å². The Bertz CT molecular complexity index is 760. The number of ketones is 1. The Morgan fingerprint density at radius 1 is 1.12 bits per heavy atom. The van der Waals surface area contributed by atoms with Crippen LogP contribution < -0.4 is 0 Å². The number of aryl methyl sites for hydroxylation is 2. The summed E-state index contributed by atoms with van der Waals surface area (Å²) >= 11 is 0. The number of carbonyl (C=O) groups excluding carboxylic acids is 2. The Balaban J connectivity index is 2.09. The van der Waals surface area contributed by atoms with Crippen LogP contribution >= 0.6 is 0 Å². The molecule has 134 valence electrons. The lowest BCUT2D eigenvalue weighted by Gasteiger charge is -2.16. The van der Waals surface area contributed by atoms with E-state index in [1.165, 1.54) is 5.56 Å². The van der Waals surface area contributed by atoms with E-state index in [9.17, 15) is 9.59 Å². The second-order valence-corrected chi connectivity index (χ2v) is 6.43. The van der Waals surface area contributed by atoms with Gasteiger partial charge in [0.1, 0.15) is 0 Å². The van der Waals surface area contributed by atoms with Crippen LogP contribution in [-0.4, -0.2) is 41.8 Å². The van der Waals surface area contributed by atoms with Crippen molar-refractivity contribution in [2.24, 2.45) is 0 Å². The van der Waals surface area contributed by atoms with Crippen molar-refractivity contribution in [3.8, 4) is 0 Å². The molecule has 0 saturated heterocycles. The number of nitrogens with zero attached hydrogens (tertiary/aromatic N) is 1. The Kier molecular flexibility index (Phi) is 6.15. The van der Waals surface area contributed by atoms with Crippen molar-refractivity contribution in [3.05, 3.63) is 57.9 Å². The fraction of sp³-hybridized carbons (Fsp3) is 0.400. The highest BCUT2D eigenvalue weighted by Crippen LogP contribution is 2.20. The van der Waals surface area contributed by atoms with Gasteiger partial charge in [-0.3, -0.25) is 9.69 Å². The number of rotatable bonds is 7. The van der Waals surface area contributed by atoms with Gasteiger partial charge >= 0.3 is 5.97 Å². The smallest absolute Gasteiger partial charge is 0.340 e. The van der Waals surface area contributed by atoms with Crippen LogP contribution in [0.25, 0.3) is 0 Å². The molecule has 1 heterocycles. The molecule has 0 amide bonds. The predicted octanol–water partition coefficient (Wildman–Crippen LogP) is 3.43. The zero-order valence-electron chi connectivity index (χ0n) is 15.6. The summed E-state index contributed by atoms with van der Waals surface area (Å²) in [6.07, 6.45) is 0. The number of hydrogen-bond donors (Lipinski definition) is 1. The molecule has 0 saturated carbocycles. The Morgan fingerprint density at radius 2 is 1.76 bits per heavy atom. The zero-order valence-corrected chi connectivity index (χ0v) is 15.6. The molecule has 5 nitrogen and oxygen atoms in total. The highest BCUT2D eigenvalue weighted by atomic mass is 16.5. The van der Waals surface area contributed by atoms with Crippen LogP contribution in [0.3, 0.4) is 0 Å². The second-order valence-electron chi connectivity index (χ2n) is 6.43. The summed E-state index contributed by atoms with van der Waals surface area (Å²) in [4.78, 5) is 29.7. The highest BCUT2D eigenvalue weighted by Gasteiger charge is 2.23. The first-order chi connectivity index (χ1) is 11.8. The molecule has 0 aliphatic carbocycles. The van der Waals surface area contributed by atoms with Crippen LogP contribution in [0.15, 0.2) is 24.3 Å². The molecule has 1 aromatic carbocycles. The second kappa shape index (κ2) is 8.12. The zero-order chi connectivity index (χ0) is 18.6. The third-order valence-electron chi connectivity index (χ3n) is 4.18. The molecule has 0 spiro atoms. The molecule has 2 rings (SSSR count). The van der Waals surface area contributed by atoms with Crippen LogP contribution in [0.4, 0.5) is 0 Å². The van der Waals surface area contributed by atoms with Gasteiger partial charge in [0, 0.05) is 12.2 Å². The normalized spacial score (nSPS) is 11.0. The van der Waals surface area contributed by atoms with Gasteiger partial charge in [-0.1, -0.05) is 29.8 Å². The minimum atomic E-state index is -0.388. The molecule has 0 radical (unpaired) electrons. The first-order valence-corrected chi connectivity index (χ1v) is 8.47. The van der Waals surface area contributed by atoms with Crippen LogP contribution in [0.5, 0.6) is 0 Å². The molecule has 5 heteroatoms. The van der Waals surface area contributed by atoms with Gasteiger partial charge in [0.15, 0.2) is 5.78 Å². The number of likely N-dealkylation sites (N-methyl/N-ethyl adjacent to an activating group) is 1. The molecular weight excluding hydrogens is 316 g/mol. The molecular formula is C20H26N2O3. The maximum Gasteiger partial charge on any atom is 0.340 e. The predicted molar refractivity (Wildman–Crippen MR) is 98.1 cm³/mol. The van der Waals surface area contributed by atoms with Gasteiger partial charge < -0.3 is 9.72 Å². The standard InChI is InChI=1S/C20H26N2O3/c1-6-25-20(24)18-14(3)19(21-15(18)4)17(23)12-22(5)11-16-9-7-13(2)8-10-16/h7-10,21H,6,11-12H2,1-5H3. The number of H-pyrrole nitrogens is 1. The molecule has 2 aromatic rings. The third kappa shape index (κ3) is 4.57. The van der Waals surface area contributed by atoms with Crippen molar-refractivity contribution < 1.29 is 14.3 Å². The average molecular weight is 342 g/mol. The Hall–Kier alpha value is -2.40. The van der Waals surface area contributed by atoms with Crippen LogP contribution in [-0.2, 0) is 11.3 Å². The first kappa shape index (κ1) is 18.9. The maximum atomic E-state index is 12.6. The van der Waals surface area contributed by atoms with E-state index in [0.717, 1.165) is 5.56 Å². The van der Waals surface area contributed by atoms with E-state index in [2.05, 4.69) is 36.2 Å². The van der Waals surface area contributed by atoms with Crippen molar-refractivity contribution in [3.63, 3.8) is 0 Å². The summed E-state index contributed by atoms with van der Waals surface area (Å²) in [6, 6.07) is 8.27. The van der Waals surface area contributed by atoms with E-state index in [1.54, 1.807) is 20.8 Å². The lowest BCUT2D eigenvalue weighted by molar-refractivity contribution is 0.0525. The minimum Gasteiger partial charge on any atom is -0.462 e. The van der Waals surface area contributed by atoms with Gasteiger partial charge in [0.25, 0.3) is 0 Å². The van der Waals surface area contributed by atoms with Crippen molar-refractivity contribution >= 4 is 11.8 Å². The molecule has 0 fully saturated rings. The monoisotopic (exact) mass is 342 g/mol. The van der Waals surface area contributed by atoms with Crippen molar-refractivity contribution in [2.45, 2.75) is 34.2 Å². The summed E-state index contributed by atoms with van der Waals surface area (Å²) in [5, 5.41) is 0. The summed E-state index contributed by atoms with van der Waals surface area (Å²) in [5.74, 6) is -0.424. The van der Waals surface area contributed by atoms with E-state index >= 15 is 0 Å². The molecule has 1 aromatic heterocycles. The van der Waals surface area contributed by atoms with E-state index in [4.69, 9.17) is 4.74 Å². The average Bonchev–Trinajstić information content (AvgIpc) is 2.84. The molecule has 0 atom stereocenters. The highest BCUT2D eigenvalue weighted by molar-refractivity contribution is 6.02. The number of Topliss-reactive ketones (excluding diaryl/α,β-unsaturated/α-hetero) is 1. The summed E-state index contributed by atoms with van der Waals surface area (Å²) in [7, 11) is 1.91. The van der Waals surface area contributed by atoms with E-state index in [0.29, 0.717) is 35.7 Å². The minimum absolute atomic E-state index is 0.0363. The van der Waals surface area contributed by atoms with Gasteiger partial charge in [0.2, 0.25) is 0 Å². The van der Waals surface area contributed by atoms with Gasteiger partial charge in [-0.05, 0) is 45.9 Å². The van der Waals surface area contributed by atoms with Crippen LogP contribution in [0, 0.1) is 20.8 Å². The van der Waals surface area contributed by atoms with Gasteiger partial charge in [0.05, 0.1) is 24.4 Å². The first-order valence-electron chi connectivity index (χ1n) is 8.47. The van der Waals surface area contributed by atoms with Crippen molar-refractivity contribution in [2.75, 3.05) is 20.2 Å². The van der Waals surface area contributed by atoms with Gasteiger partial charge in [-0.2, -0.15) is 0 Å². The number of carbonyl (C=O) groups is 2. The number of aromatic amines is 1. The summed E-state index contributed by atoms with van der Waals surface area (Å²) < 4.78 is 5.07. The van der Waals surface area contributed by atoms with E-state index < -0.39 is 0 Å².